The number of hydrogen-bond acceptors (Lipinski definition) is 6. The Morgan fingerprint density at radius 3 is 2.50 bits per heavy atom. The summed E-state index contributed by atoms with van der Waals surface area (Å²) in [6, 6.07) is 11.9. The average Bonchev–Trinajstić information content (AvgIpc) is 2.89. The number of nitro groups is 1. The molecule has 0 radical (unpaired) electrons. The summed E-state index contributed by atoms with van der Waals surface area (Å²) in [6.07, 6.45) is 0.963. The molecule has 0 saturated carbocycles. The van der Waals surface area contributed by atoms with Gasteiger partial charge in [-0.15, -0.1) is 0 Å². The minimum absolute atomic E-state index is 0.227. The molecule has 0 bridgehead atoms. The summed E-state index contributed by atoms with van der Waals surface area (Å²) in [5, 5.41) is 11.5. The highest BCUT2D eigenvalue weighted by Crippen LogP contribution is 2.34. The van der Waals surface area contributed by atoms with Crippen molar-refractivity contribution in [3.63, 3.8) is 0 Å². The number of para-hydroxylation sites is 3. The van der Waals surface area contributed by atoms with Gasteiger partial charge in [-0.2, -0.15) is 0 Å². The number of aromatic nitrogens is 2. The highest BCUT2D eigenvalue weighted by atomic mass is 32.2. The van der Waals surface area contributed by atoms with Crippen LogP contribution in [0.4, 0.5) is 11.4 Å². The molecule has 2 aromatic carbocycles. The predicted octanol–water partition coefficient (Wildman–Crippen LogP) is 2.52. The van der Waals surface area contributed by atoms with Crippen LogP contribution in [-0.2, 0) is 23.4 Å². The van der Waals surface area contributed by atoms with E-state index in [0.717, 1.165) is 17.3 Å². The Balaban J connectivity index is 2.06. The summed E-state index contributed by atoms with van der Waals surface area (Å²) in [4.78, 5) is 16.8. The van der Waals surface area contributed by atoms with Crippen molar-refractivity contribution in [2.24, 2.45) is 7.05 Å². The van der Waals surface area contributed by atoms with E-state index in [1.807, 2.05) is 35.9 Å². The van der Waals surface area contributed by atoms with Crippen molar-refractivity contribution in [3.05, 3.63) is 58.4 Å². The molecule has 0 N–H and O–H groups in total. The summed E-state index contributed by atoms with van der Waals surface area (Å²) in [5.41, 5.74) is 1.59. The number of sulfone groups is 1. The van der Waals surface area contributed by atoms with Gasteiger partial charge in [-0.25, -0.2) is 13.4 Å². The molecule has 0 fully saturated rings. The van der Waals surface area contributed by atoms with Crippen molar-refractivity contribution < 1.29 is 13.3 Å². The summed E-state index contributed by atoms with van der Waals surface area (Å²) in [6.45, 7) is 0.291. The fourth-order valence-electron chi connectivity index (χ4n) is 2.94. The maximum atomic E-state index is 11.9. The van der Waals surface area contributed by atoms with Gasteiger partial charge in [0.05, 0.1) is 22.5 Å². The van der Waals surface area contributed by atoms with Crippen LogP contribution in [0.25, 0.3) is 11.0 Å². The molecule has 0 amide bonds. The fraction of sp³-hybridized carbons (Fsp3) is 0.235. The topological polar surface area (TPSA) is 98.3 Å². The summed E-state index contributed by atoms with van der Waals surface area (Å²) in [7, 11) is -0.176. The van der Waals surface area contributed by atoms with Crippen LogP contribution in [0.3, 0.4) is 0 Å². The maximum absolute atomic E-state index is 11.9. The normalized spacial score (nSPS) is 11.7. The lowest BCUT2D eigenvalue weighted by atomic mass is 10.2. The number of aryl methyl sites for hydroxylation is 1. The largest absolute Gasteiger partial charge is 0.362 e. The van der Waals surface area contributed by atoms with Gasteiger partial charge in [0.2, 0.25) is 0 Å². The van der Waals surface area contributed by atoms with Gasteiger partial charge in [-0.3, -0.25) is 10.1 Å². The second kappa shape index (κ2) is 6.41. The molecule has 0 spiro atoms. The molecule has 3 aromatic rings. The molecular weight excluding hydrogens is 356 g/mol. The Hall–Kier alpha value is -2.94. The number of anilines is 1. The first-order valence-electron chi connectivity index (χ1n) is 7.79. The monoisotopic (exact) mass is 374 g/mol. The average molecular weight is 374 g/mol. The van der Waals surface area contributed by atoms with Gasteiger partial charge in [-0.1, -0.05) is 18.2 Å². The smallest absolute Gasteiger partial charge is 0.311 e. The number of benzene rings is 2. The fourth-order valence-corrected chi connectivity index (χ4v) is 3.79. The zero-order chi connectivity index (χ0) is 19.1. The molecule has 0 atom stereocenters. The third kappa shape index (κ3) is 3.13. The van der Waals surface area contributed by atoms with Gasteiger partial charge in [-0.05, 0) is 24.3 Å². The van der Waals surface area contributed by atoms with Crippen LogP contribution in [0.1, 0.15) is 5.82 Å². The molecule has 0 aliphatic carbocycles. The van der Waals surface area contributed by atoms with Crippen LogP contribution in [0.15, 0.2) is 47.4 Å². The van der Waals surface area contributed by atoms with E-state index in [2.05, 4.69) is 4.98 Å². The molecule has 0 aliphatic heterocycles. The zero-order valence-corrected chi connectivity index (χ0v) is 15.4. The molecule has 1 heterocycles. The van der Waals surface area contributed by atoms with Crippen molar-refractivity contribution in [1.82, 2.24) is 9.55 Å². The van der Waals surface area contributed by atoms with Crippen LogP contribution >= 0.6 is 0 Å². The lowest BCUT2D eigenvalue weighted by Crippen LogP contribution is -2.21. The van der Waals surface area contributed by atoms with Crippen LogP contribution in [-0.4, -0.2) is 36.2 Å². The maximum Gasteiger partial charge on any atom is 0.311 e. The van der Waals surface area contributed by atoms with E-state index in [9.17, 15) is 18.5 Å². The van der Waals surface area contributed by atoms with Crippen LogP contribution < -0.4 is 4.90 Å². The standard InChI is InChI=1S/C17H18N4O4S/c1-19(11-16-18-12-7-4-5-8-13(12)20(16)2)14-9-6-10-15(26(3,24)25)17(14)21(22)23/h4-10H,11H2,1-3H3. The van der Waals surface area contributed by atoms with E-state index >= 15 is 0 Å². The van der Waals surface area contributed by atoms with Crippen molar-refractivity contribution in [2.75, 3.05) is 18.2 Å². The van der Waals surface area contributed by atoms with E-state index in [4.69, 9.17) is 0 Å². The SMILES string of the molecule is CN(Cc1nc2ccccc2n1C)c1cccc(S(C)(=O)=O)c1[N+](=O)[O-]. The van der Waals surface area contributed by atoms with Gasteiger partial charge in [0.15, 0.2) is 9.84 Å². The Bertz CT molecular complexity index is 1110. The lowest BCUT2D eigenvalue weighted by Gasteiger charge is -2.19. The number of hydrogen-bond donors (Lipinski definition) is 0. The quantitative estimate of drug-likeness (QED) is 0.503. The number of nitrogens with zero attached hydrogens (tertiary/aromatic N) is 4. The van der Waals surface area contributed by atoms with Gasteiger partial charge in [0.1, 0.15) is 16.4 Å². The molecule has 26 heavy (non-hydrogen) atoms. The number of fused-ring (bicyclic) bond motifs is 1. The number of rotatable bonds is 5. The first-order chi connectivity index (χ1) is 12.2. The molecule has 8 nitrogen and oxygen atoms in total. The Kier molecular flexibility index (Phi) is 4.41. The lowest BCUT2D eigenvalue weighted by molar-refractivity contribution is -0.387. The number of nitro benzene ring substituents is 1. The Labute approximate surface area is 150 Å². The predicted molar refractivity (Wildman–Crippen MR) is 99.0 cm³/mol. The van der Waals surface area contributed by atoms with Gasteiger partial charge in [0, 0.05) is 20.4 Å². The van der Waals surface area contributed by atoms with Crippen molar-refractivity contribution in [2.45, 2.75) is 11.4 Å². The highest BCUT2D eigenvalue weighted by molar-refractivity contribution is 7.90. The van der Waals surface area contributed by atoms with Crippen LogP contribution in [0.2, 0.25) is 0 Å². The minimum atomic E-state index is -3.73. The van der Waals surface area contributed by atoms with Crippen molar-refractivity contribution in [1.29, 1.82) is 0 Å². The van der Waals surface area contributed by atoms with E-state index in [1.165, 1.54) is 18.2 Å². The molecule has 0 unspecified atom stereocenters. The molecule has 1 aromatic heterocycles. The highest BCUT2D eigenvalue weighted by Gasteiger charge is 2.28. The Morgan fingerprint density at radius 1 is 1.19 bits per heavy atom. The second-order valence-corrected chi connectivity index (χ2v) is 8.07. The van der Waals surface area contributed by atoms with E-state index in [0.29, 0.717) is 12.4 Å². The van der Waals surface area contributed by atoms with Gasteiger partial charge < -0.3 is 9.47 Å². The number of imidazole rings is 1. The first-order valence-corrected chi connectivity index (χ1v) is 9.68. The van der Waals surface area contributed by atoms with Crippen molar-refractivity contribution >= 4 is 32.2 Å². The van der Waals surface area contributed by atoms with Crippen LogP contribution in [0.5, 0.6) is 0 Å². The Morgan fingerprint density at radius 2 is 1.88 bits per heavy atom. The zero-order valence-electron chi connectivity index (χ0n) is 14.6. The van der Waals surface area contributed by atoms with Crippen LogP contribution in [0, 0.1) is 10.1 Å². The molecule has 9 heteroatoms. The summed E-state index contributed by atoms with van der Waals surface area (Å²) in [5.74, 6) is 0.716. The second-order valence-electron chi connectivity index (χ2n) is 6.08. The summed E-state index contributed by atoms with van der Waals surface area (Å²) < 4.78 is 25.8. The molecular formula is C17H18N4O4S. The van der Waals surface area contributed by atoms with Gasteiger partial charge in [0.25, 0.3) is 0 Å². The molecule has 0 aliphatic rings. The molecule has 3 rings (SSSR count). The van der Waals surface area contributed by atoms with Crippen molar-refractivity contribution in [3.8, 4) is 0 Å². The van der Waals surface area contributed by atoms with E-state index in [-0.39, 0.29) is 10.6 Å². The third-order valence-electron chi connectivity index (χ3n) is 4.23. The molecule has 0 saturated heterocycles. The van der Waals surface area contributed by atoms with E-state index in [1.54, 1.807) is 11.9 Å². The first kappa shape index (κ1) is 17.9. The third-order valence-corrected chi connectivity index (χ3v) is 5.36. The molecule has 136 valence electrons. The van der Waals surface area contributed by atoms with E-state index < -0.39 is 20.4 Å². The summed E-state index contributed by atoms with van der Waals surface area (Å²) >= 11 is 0. The van der Waals surface area contributed by atoms with Gasteiger partial charge >= 0.3 is 5.69 Å². The minimum Gasteiger partial charge on any atom is -0.362 e.